The Balaban J connectivity index is 0.000000208. The number of carbonyl (C=O) groups excluding carboxylic acids is 1. The van der Waals surface area contributed by atoms with Crippen molar-refractivity contribution in [1.82, 2.24) is 0 Å². The number of carbonyl (C=O) groups is 1. The van der Waals surface area contributed by atoms with Crippen molar-refractivity contribution in [2.45, 2.75) is 11.8 Å². The molecule has 0 bridgehead atoms. The number of rotatable bonds is 3. The Hall–Kier alpha value is -2.74. The Bertz CT molecular complexity index is 1030. The average Bonchev–Trinajstić information content (AvgIpc) is 2.62. The lowest BCUT2D eigenvalue weighted by Gasteiger charge is -2.05. The number of aryl methyl sites for hydroxylation is 1. The second-order valence-corrected chi connectivity index (χ2v) is 7.41. The fourth-order valence-electron chi connectivity index (χ4n) is 2.10. The van der Waals surface area contributed by atoms with Crippen LogP contribution in [0, 0.1) is 6.92 Å². The standard InChI is InChI=1S/C12H9ClN2O.C7H8O3S/c13-10-6-4-9(5-7-10)12(16)11-3-1-2-8-15(11)14;1-6-2-4-7(5-3-6)11(8,9)10/h1-8H,(H-,14,16);2-5H,1H3,(H,8,9,10). The van der Waals surface area contributed by atoms with Gasteiger partial charge in [0.25, 0.3) is 11.5 Å². The third-order valence-electron chi connectivity index (χ3n) is 3.54. The van der Waals surface area contributed by atoms with Crippen LogP contribution in [0.2, 0.25) is 5.02 Å². The van der Waals surface area contributed by atoms with Gasteiger partial charge in [-0.25, -0.2) is 14.3 Å². The van der Waals surface area contributed by atoms with E-state index >= 15 is 0 Å². The van der Waals surface area contributed by atoms with Gasteiger partial charge in [-0.15, -0.1) is 0 Å². The van der Waals surface area contributed by atoms with Crippen molar-refractivity contribution in [3.8, 4) is 0 Å². The lowest BCUT2D eigenvalue weighted by Crippen LogP contribution is -2.49. The van der Waals surface area contributed by atoms with E-state index < -0.39 is 10.1 Å². The molecule has 0 atom stereocenters. The van der Waals surface area contributed by atoms with Crippen LogP contribution in [-0.4, -0.2) is 18.8 Å². The van der Waals surface area contributed by atoms with Crippen molar-refractivity contribution in [3.05, 3.63) is 94.8 Å². The first kappa shape index (κ1) is 20.6. The van der Waals surface area contributed by atoms with Crippen molar-refractivity contribution < 1.29 is 22.4 Å². The summed E-state index contributed by atoms with van der Waals surface area (Å²) in [6.07, 6.45) is 1.63. The lowest BCUT2D eigenvalue weighted by atomic mass is 10.1. The van der Waals surface area contributed by atoms with Crippen LogP contribution < -0.4 is 10.5 Å². The van der Waals surface area contributed by atoms with E-state index in [-0.39, 0.29) is 10.7 Å². The molecular formula is C19H17ClN2O4S. The zero-order valence-corrected chi connectivity index (χ0v) is 15.9. The van der Waals surface area contributed by atoms with Gasteiger partial charge in [-0.05, 0) is 49.4 Å². The normalized spacial score (nSPS) is 10.6. The molecular weight excluding hydrogens is 388 g/mol. The third-order valence-corrected chi connectivity index (χ3v) is 4.64. The quantitative estimate of drug-likeness (QED) is 0.312. The van der Waals surface area contributed by atoms with Crippen molar-refractivity contribution >= 4 is 27.5 Å². The zero-order valence-electron chi connectivity index (χ0n) is 14.4. The second kappa shape index (κ2) is 8.77. The van der Waals surface area contributed by atoms with Crippen molar-refractivity contribution in [2.24, 2.45) is 0 Å². The van der Waals surface area contributed by atoms with Gasteiger partial charge in [0.15, 0.2) is 6.20 Å². The Morgan fingerprint density at radius 3 is 2.11 bits per heavy atom. The molecule has 0 aliphatic heterocycles. The van der Waals surface area contributed by atoms with Crippen molar-refractivity contribution in [1.29, 1.82) is 0 Å². The maximum atomic E-state index is 12.0. The summed E-state index contributed by atoms with van der Waals surface area (Å²) in [5.41, 5.74) is 1.93. The van der Waals surface area contributed by atoms with Crippen LogP contribution in [0.4, 0.5) is 0 Å². The predicted octanol–water partition coefficient (Wildman–Crippen LogP) is 2.47. The Labute approximate surface area is 162 Å². The number of pyridine rings is 1. The number of nitrogen functional groups attached to an aromatic ring is 1. The van der Waals surface area contributed by atoms with Gasteiger partial charge in [0, 0.05) is 22.7 Å². The largest absolute Gasteiger partial charge is 0.744 e. The van der Waals surface area contributed by atoms with Crippen LogP contribution >= 0.6 is 11.6 Å². The van der Waals surface area contributed by atoms with Gasteiger partial charge in [0.2, 0.25) is 0 Å². The van der Waals surface area contributed by atoms with Crippen LogP contribution in [0.5, 0.6) is 0 Å². The fourth-order valence-corrected chi connectivity index (χ4v) is 2.70. The van der Waals surface area contributed by atoms with Crippen molar-refractivity contribution in [3.63, 3.8) is 0 Å². The van der Waals surface area contributed by atoms with E-state index in [9.17, 15) is 17.8 Å². The molecule has 1 heterocycles. The van der Waals surface area contributed by atoms with Crippen LogP contribution in [0.3, 0.4) is 0 Å². The molecule has 0 saturated carbocycles. The molecule has 0 radical (unpaired) electrons. The summed E-state index contributed by atoms with van der Waals surface area (Å²) >= 11 is 5.75. The summed E-state index contributed by atoms with van der Waals surface area (Å²) in [7, 11) is -4.27. The summed E-state index contributed by atoms with van der Waals surface area (Å²) in [4.78, 5) is 11.9. The van der Waals surface area contributed by atoms with Crippen LogP contribution in [-0.2, 0) is 10.1 Å². The number of nitrogens with zero attached hydrogens (tertiary/aromatic N) is 1. The van der Waals surface area contributed by atoms with Crippen LogP contribution in [0.25, 0.3) is 0 Å². The van der Waals surface area contributed by atoms with Crippen molar-refractivity contribution in [2.75, 3.05) is 5.84 Å². The first-order valence-corrected chi connectivity index (χ1v) is 9.55. The SMILES string of the molecule is Cc1ccc(S(=O)(=O)[O-])cc1.N[n+]1ccccc1C(=O)c1ccc(Cl)cc1. The first-order valence-electron chi connectivity index (χ1n) is 7.77. The average molecular weight is 405 g/mol. The predicted molar refractivity (Wildman–Crippen MR) is 101 cm³/mol. The number of ketones is 1. The molecule has 2 aromatic carbocycles. The third kappa shape index (κ3) is 5.89. The highest BCUT2D eigenvalue weighted by Crippen LogP contribution is 2.12. The summed E-state index contributed by atoms with van der Waals surface area (Å²) in [5.74, 6) is 5.53. The first-order chi connectivity index (χ1) is 12.7. The fraction of sp³-hybridized carbons (Fsp3) is 0.0526. The minimum absolute atomic E-state index is 0.125. The molecule has 8 heteroatoms. The maximum Gasteiger partial charge on any atom is 0.282 e. The number of hydrogen-bond donors (Lipinski definition) is 1. The number of nitrogens with two attached hydrogens (primary N) is 1. The summed E-state index contributed by atoms with van der Waals surface area (Å²) in [5, 5.41) is 0.602. The molecule has 140 valence electrons. The molecule has 0 spiro atoms. The lowest BCUT2D eigenvalue weighted by molar-refractivity contribution is -0.640. The Morgan fingerprint density at radius 1 is 1.00 bits per heavy atom. The Kier molecular flexibility index (Phi) is 6.68. The van der Waals surface area contributed by atoms with Gasteiger partial charge < -0.3 is 4.55 Å². The molecule has 2 N–H and O–H groups in total. The van der Waals surface area contributed by atoms with Gasteiger partial charge in [0.1, 0.15) is 10.1 Å². The maximum absolute atomic E-state index is 12.0. The van der Waals surface area contributed by atoms with Gasteiger partial charge in [-0.1, -0.05) is 34.0 Å². The smallest absolute Gasteiger partial charge is 0.282 e. The molecule has 0 fully saturated rings. The molecule has 0 unspecified atom stereocenters. The van der Waals surface area contributed by atoms with E-state index in [4.69, 9.17) is 17.4 Å². The number of hydrogen-bond acceptors (Lipinski definition) is 5. The molecule has 0 amide bonds. The topological polar surface area (TPSA) is 104 Å². The van der Waals surface area contributed by atoms with E-state index in [1.54, 1.807) is 60.8 Å². The molecule has 0 saturated heterocycles. The highest BCUT2D eigenvalue weighted by atomic mass is 35.5. The molecule has 3 aromatic rings. The highest BCUT2D eigenvalue weighted by Gasteiger charge is 2.18. The summed E-state index contributed by atoms with van der Waals surface area (Å²) in [6, 6.07) is 17.7. The van der Waals surface area contributed by atoms with Crippen LogP contribution in [0.15, 0.2) is 77.8 Å². The van der Waals surface area contributed by atoms with E-state index in [0.717, 1.165) is 5.56 Å². The van der Waals surface area contributed by atoms with E-state index in [2.05, 4.69) is 0 Å². The van der Waals surface area contributed by atoms with Gasteiger partial charge in [-0.3, -0.25) is 4.79 Å². The minimum Gasteiger partial charge on any atom is -0.744 e. The van der Waals surface area contributed by atoms with E-state index in [1.165, 1.54) is 16.8 Å². The number of benzene rings is 2. The minimum atomic E-state index is -4.27. The Morgan fingerprint density at radius 2 is 1.59 bits per heavy atom. The molecule has 6 nitrogen and oxygen atoms in total. The highest BCUT2D eigenvalue weighted by molar-refractivity contribution is 7.85. The molecule has 1 aromatic heterocycles. The summed E-state index contributed by atoms with van der Waals surface area (Å²) in [6.45, 7) is 1.82. The molecule has 3 rings (SSSR count). The van der Waals surface area contributed by atoms with E-state index in [0.29, 0.717) is 16.3 Å². The summed E-state index contributed by atoms with van der Waals surface area (Å²) < 4.78 is 32.5. The van der Waals surface area contributed by atoms with Gasteiger partial charge in [-0.2, -0.15) is 0 Å². The number of halogens is 1. The van der Waals surface area contributed by atoms with Gasteiger partial charge >= 0.3 is 0 Å². The monoisotopic (exact) mass is 404 g/mol. The zero-order chi connectivity index (χ0) is 20.0. The van der Waals surface area contributed by atoms with E-state index in [1.807, 2.05) is 6.92 Å². The molecule has 0 aliphatic carbocycles. The number of aromatic nitrogens is 1. The molecule has 27 heavy (non-hydrogen) atoms. The van der Waals surface area contributed by atoms with Gasteiger partial charge in [0.05, 0.1) is 4.90 Å². The van der Waals surface area contributed by atoms with Crippen LogP contribution in [0.1, 0.15) is 21.6 Å². The molecule has 0 aliphatic rings. The second-order valence-electron chi connectivity index (χ2n) is 5.60.